The van der Waals surface area contributed by atoms with Crippen LogP contribution in [0.1, 0.15) is 78.8 Å². The van der Waals surface area contributed by atoms with Crippen LogP contribution in [0, 0.1) is 28.1 Å². The third-order valence-corrected chi connectivity index (χ3v) is 13.9. The Hall–Kier alpha value is -6.20. The normalized spacial score (nSPS) is 24.6. The van der Waals surface area contributed by atoms with Crippen LogP contribution in [0.2, 0.25) is 0 Å². The molecule has 14 nitrogen and oxygen atoms in total. The number of hydrogen-bond acceptors (Lipinski definition) is 10. The van der Waals surface area contributed by atoms with E-state index in [1.54, 1.807) is 17.0 Å². The number of nitriles is 1. The number of aromatic nitrogens is 1. The van der Waals surface area contributed by atoms with E-state index in [1.807, 2.05) is 36.4 Å². The van der Waals surface area contributed by atoms with E-state index in [4.69, 9.17) is 4.74 Å². The van der Waals surface area contributed by atoms with Crippen LogP contribution in [0.25, 0.3) is 10.9 Å². The number of hydrogen-bond donors (Lipinski definition) is 3. The number of amides is 4. The summed E-state index contributed by atoms with van der Waals surface area (Å²) in [5, 5.41) is 15.6. The average molecular weight is 825 g/mol. The Balaban J connectivity index is 0.756. The van der Waals surface area contributed by atoms with E-state index in [9.17, 15) is 29.2 Å². The molecular weight excluding hydrogens is 773 g/mol. The molecule has 316 valence electrons. The van der Waals surface area contributed by atoms with Crippen LogP contribution in [0.5, 0.6) is 5.75 Å². The van der Waals surface area contributed by atoms with Crippen molar-refractivity contribution in [1.82, 2.24) is 25.4 Å². The van der Waals surface area contributed by atoms with Gasteiger partial charge in [-0.1, -0.05) is 27.7 Å². The first-order valence-electron chi connectivity index (χ1n) is 21.3. The van der Waals surface area contributed by atoms with Gasteiger partial charge in [0.05, 0.1) is 16.5 Å². The van der Waals surface area contributed by atoms with Crippen molar-refractivity contribution in [3.05, 3.63) is 99.3 Å². The number of imide groups is 1. The topological polar surface area (TPSA) is 171 Å². The van der Waals surface area contributed by atoms with E-state index in [0.29, 0.717) is 52.2 Å². The Kier molecular flexibility index (Phi) is 10.1. The molecule has 3 aromatic carbocycles. The number of rotatable bonds is 9. The maximum atomic E-state index is 13.7. The fraction of sp³-hybridized carbons (Fsp3) is 0.447. The maximum Gasteiger partial charge on any atom is 0.255 e. The van der Waals surface area contributed by atoms with Crippen molar-refractivity contribution < 1.29 is 23.9 Å². The van der Waals surface area contributed by atoms with Crippen molar-refractivity contribution in [2.24, 2.45) is 16.7 Å². The third-order valence-electron chi connectivity index (χ3n) is 13.9. The first-order valence-corrected chi connectivity index (χ1v) is 21.3. The summed E-state index contributed by atoms with van der Waals surface area (Å²) in [6.07, 6.45) is 2.92. The number of pyridine rings is 1. The summed E-state index contributed by atoms with van der Waals surface area (Å²) in [6.45, 7) is 15.3. The van der Waals surface area contributed by atoms with E-state index in [0.717, 1.165) is 69.2 Å². The lowest BCUT2D eigenvalue weighted by atomic mass is 9.49. The molecule has 0 spiro atoms. The highest BCUT2D eigenvalue weighted by atomic mass is 16.5. The zero-order chi connectivity index (χ0) is 42.8. The molecular formula is C47H52N8O6. The predicted molar refractivity (Wildman–Crippen MR) is 230 cm³/mol. The molecule has 4 amide bonds. The van der Waals surface area contributed by atoms with Gasteiger partial charge in [-0.15, -0.1) is 0 Å². The quantitative estimate of drug-likeness (QED) is 0.206. The fourth-order valence-corrected chi connectivity index (χ4v) is 10.9. The predicted octanol–water partition coefficient (Wildman–Crippen LogP) is 4.42. The second-order valence-corrected chi connectivity index (χ2v) is 18.5. The highest BCUT2D eigenvalue weighted by Gasteiger charge is 2.64. The lowest BCUT2D eigenvalue weighted by molar-refractivity contribution is -0.163. The second-order valence-electron chi connectivity index (χ2n) is 18.5. The molecule has 1 saturated carbocycles. The smallest absolute Gasteiger partial charge is 0.255 e. The van der Waals surface area contributed by atoms with Gasteiger partial charge in [-0.2, -0.15) is 5.26 Å². The van der Waals surface area contributed by atoms with Gasteiger partial charge in [-0.05, 0) is 78.9 Å². The second kappa shape index (κ2) is 15.4. The van der Waals surface area contributed by atoms with Gasteiger partial charge in [0.25, 0.3) is 11.8 Å². The number of ether oxygens (including phenoxy) is 1. The highest BCUT2D eigenvalue weighted by Crippen LogP contribution is 2.56. The number of fused-ring (bicyclic) bond motifs is 2. The van der Waals surface area contributed by atoms with Gasteiger partial charge in [0, 0.05) is 110 Å². The van der Waals surface area contributed by atoms with Crippen LogP contribution >= 0.6 is 0 Å². The number of anilines is 2. The molecule has 1 aliphatic carbocycles. The summed E-state index contributed by atoms with van der Waals surface area (Å²) in [7, 11) is 0. The molecule has 0 radical (unpaired) electrons. The Morgan fingerprint density at radius 1 is 0.885 bits per heavy atom. The van der Waals surface area contributed by atoms with Crippen LogP contribution in [0.15, 0.2) is 71.7 Å². The molecule has 2 atom stereocenters. The number of H-pyrrole nitrogens is 1. The zero-order valence-electron chi connectivity index (χ0n) is 35.1. The number of carbonyl (C=O) groups is 4. The zero-order valence-corrected chi connectivity index (χ0v) is 35.1. The number of piperazine rings is 1. The van der Waals surface area contributed by atoms with Crippen LogP contribution < -0.4 is 30.6 Å². The average Bonchev–Trinajstić information content (AvgIpc) is 3.85. The molecule has 0 bridgehead atoms. The molecule has 4 aliphatic heterocycles. The van der Waals surface area contributed by atoms with Gasteiger partial charge in [0.15, 0.2) is 5.43 Å². The molecule has 5 heterocycles. The Bertz CT molecular complexity index is 2520. The van der Waals surface area contributed by atoms with E-state index in [-0.39, 0.29) is 41.7 Å². The first kappa shape index (κ1) is 40.2. The highest BCUT2D eigenvalue weighted by molar-refractivity contribution is 6.05. The van der Waals surface area contributed by atoms with Crippen molar-refractivity contribution in [3.63, 3.8) is 0 Å². The molecule has 1 aromatic heterocycles. The number of carbonyl (C=O) groups excluding carboxylic acids is 4. The summed E-state index contributed by atoms with van der Waals surface area (Å²) in [6, 6.07) is 20.0. The number of aromatic amines is 1. The Morgan fingerprint density at radius 2 is 1.62 bits per heavy atom. The van der Waals surface area contributed by atoms with Crippen molar-refractivity contribution in [3.8, 4) is 11.8 Å². The molecule has 0 unspecified atom stereocenters. The van der Waals surface area contributed by atoms with E-state index < -0.39 is 22.8 Å². The van der Waals surface area contributed by atoms with Crippen LogP contribution in [-0.4, -0.2) is 102 Å². The van der Waals surface area contributed by atoms with Crippen LogP contribution in [0.4, 0.5) is 11.4 Å². The Labute approximate surface area is 354 Å². The first-order chi connectivity index (χ1) is 29.2. The Morgan fingerprint density at radius 3 is 2.34 bits per heavy atom. The minimum Gasteiger partial charge on any atom is -0.488 e. The summed E-state index contributed by atoms with van der Waals surface area (Å²) in [4.78, 5) is 75.8. The minimum absolute atomic E-state index is 0.141. The van der Waals surface area contributed by atoms with E-state index >= 15 is 0 Å². The van der Waals surface area contributed by atoms with Crippen molar-refractivity contribution >= 4 is 45.9 Å². The van der Waals surface area contributed by atoms with Crippen molar-refractivity contribution in [2.75, 3.05) is 55.6 Å². The molecule has 14 heteroatoms. The van der Waals surface area contributed by atoms with Crippen LogP contribution in [0.3, 0.4) is 0 Å². The molecule has 61 heavy (non-hydrogen) atoms. The lowest BCUT2D eigenvalue weighted by Crippen LogP contribution is -2.74. The number of nitrogens with one attached hydrogen (secondary N) is 3. The summed E-state index contributed by atoms with van der Waals surface area (Å²) in [5.74, 6) is -0.00986. The van der Waals surface area contributed by atoms with E-state index in [1.165, 1.54) is 12.3 Å². The summed E-state index contributed by atoms with van der Waals surface area (Å²) in [5.41, 5.74) is 4.05. The molecule has 3 N–H and O–H groups in total. The minimum atomic E-state index is -0.613. The van der Waals surface area contributed by atoms with Crippen LogP contribution in [-0.2, 0) is 16.1 Å². The SMILES string of the molecule is CC1(C)C(NC(=O)c2ccc(N3CC[C@H](CN4CCN(c5ccc6c(c5)CN([C@H]5CCC(=O)NC5=O)C6=O)CC4)C3)cc2)C(C)(C)C1Oc1ccc(C#N)c2[nH]ccc(=O)c12. The van der Waals surface area contributed by atoms with Gasteiger partial charge in [0.2, 0.25) is 11.8 Å². The largest absolute Gasteiger partial charge is 0.488 e. The molecule has 4 fully saturated rings. The van der Waals surface area contributed by atoms with E-state index in [2.05, 4.69) is 70.1 Å². The number of benzene rings is 3. The third kappa shape index (κ3) is 7.18. The molecule has 5 aliphatic rings. The van der Waals surface area contributed by atoms with Gasteiger partial charge in [0.1, 0.15) is 24.0 Å². The van der Waals surface area contributed by atoms with Gasteiger partial charge in [-0.25, -0.2) is 0 Å². The lowest BCUT2D eigenvalue weighted by Gasteiger charge is -2.63. The molecule has 9 rings (SSSR count). The molecule has 3 saturated heterocycles. The fourth-order valence-electron chi connectivity index (χ4n) is 10.9. The van der Waals surface area contributed by atoms with Gasteiger partial charge < -0.3 is 29.7 Å². The molecule has 4 aromatic rings. The summed E-state index contributed by atoms with van der Waals surface area (Å²) < 4.78 is 6.57. The maximum absolute atomic E-state index is 13.7. The van der Waals surface area contributed by atoms with Crippen molar-refractivity contribution in [2.45, 2.75) is 71.7 Å². The summed E-state index contributed by atoms with van der Waals surface area (Å²) >= 11 is 0. The van der Waals surface area contributed by atoms with Gasteiger partial charge >= 0.3 is 0 Å². The monoisotopic (exact) mass is 824 g/mol. The standard InChI is InChI=1S/C47H52N8O6/c1-46(2)44(47(3,4)45(46)61-37-13-7-30(24-48)40-39(37)36(56)15-17-49-40)51-41(58)29-5-8-32(9-6-29)54-18-16-28(26-54)25-52-19-21-53(22-20-52)33-10-11-34-31(23-33)27-55(43(34)60)35-12-14-38(57)50-42(35)59/h5-11,13,15,17,23,28,35,44-45H,12,14,16,18-22,25-27H2,1-4H3,(H,49,56)(H,51,58)(H,50,57,59)/t28-,35+,44?,45?/m1/s1. The number of piperidine rings is 1. The van der Waals surface area contributed by atoms with Crippen molar-refractivity contribution in [1.29, 1.82) is 5.26 Å². The van der Waals surface area contributed by atoms with Gasteiger partial charge in [-0.3, -0.25) is 34.2 Å². The number of nitrogens with zero attached hydrogens (tertiary/aromatic N) is 5.